The molecule has 0 aromatic heterocycles. The summed E-state index contributed by atoms with van der Waals surface area (Å²) in [6, 6.07) is 8.30. The van der Waals surface area contributed by atoms with Crippen LogP contribution >= 0.6 is 0 Å². The van der Waals surface area contributed by atoms with Crippen LogP contribution in [-0.2, 0) is 6.42 Å². The van der Waals surface area contributed by atoms with Crippen molar-refractivity contribution in [2.75, 3.05) is 33.2 Å². The first-order valence-corrected chi connectivity index (χ1v) is 7.44. The molecular formula is C16H25N3O. The number of likely N-dealkylation sites (N-methyl/N-ethyl adjacent to an activating group) is 1. The van der Waals surface area contributed by atoms with Crippen LogP contribution in [0.4, 0.5) is 0 Å². The zero-order valence-electron chi connectivity index (χ0n) is 12.5. The average molecular weight is 275 g/mol. The van der Waals surface area contributed by atoms with Gasteiger partial charge in [0.05, 0.1) is 0 Å². The van der Waals surface area contributed by atoms with Crippen LogP contribution in [0.25, 0.3) is 0 Å². The van der Waals surface area contributed by atoms with E-state index in [0.29, 0.717) is 12.6 Å². The summed E-state index contributed by atoms with van der Waals surface area (Å²) >= 11 is 0. The summed E-state index contributed by atoms with van der Waals surface area (Å²) < 4.78 is 0. The van der Waals surface area contributed by atoms with E-state index in [-0.39, 0.29) is 5.91 Å². The third-order valence-electron chi connectivity index (χ3n) is 4.20. The Morgan fingerprint density at radius 2 is 2.10 bits per heavy atom. The molecule has 1 aromatic carbocycles. The van der Waals surface area contributed by atoms with Crippen LogP contribution in [0.2, 0.25) is 0 Å². The Morgan fingerprint density at radius 3 is 2.80 bits per heavy atom. The lowest BCUT2D eigenvalue weighted by molar-refractivity contribution is 0.0541. The zero-order valence-corrected chi connectivity index (χ0v) is 12.5. The van der Waals surface area contributed by atoms with Crippen molar-refractivity contribution in [3.8, 4) is 0 Å². The molecule has 1 amide bonds. The molecule has 1 fully saturated rings. The second kappa shape index (κ2) is 6.86. The van der Waals surface area contributed by atoms with Crippen molar-refractivity contribution in [3.05, 3.63) is 35.4 Å². The Morgan fingerprint density at radius 1 is 1.35 bits per heavy atom. The molecule has 110 valence electrons. The average Bonchev–Trinajstić information content (AvgIpc) is 2.48. The summed E-state index contributed by atoms with van der Waals surface area (Å²) in [5.74, 6) is 0.153. The van der Waals surface area contributed by atoms with Crippen molar-refractivity contribution >= 4 is 5.91 Å². The molecule has 0 spiro atoms. The standard InChI is InChI=1S/C16H25N3O/c1-3-14-12-19(11-10-18(14)2)16(20)15-7-5-4-6-13(15)8-9-17/h4-7,14H,3,8-12,17H2,1-2H3. The molecule has 4 heteroatoms. The lowest BCUT2D eigenvalue weighted by Crippen LogP contribution is -2.53. The van der Waals surface area contributed by atoms with Gasteiger partial charge < -0.3 is 10.6 Å². The summed E-state index contributed by atoms with van der Waals surface area (Å²) in [6.45, 7) is 5.33. The molecule has 1 heterocycles. The monoisotopic (exact) mass is 275 g/mol. The Kier molecular flexibility index (Phi) is 5.15. The lowest BCUT2D eigenvalue weighted by Gasteiger charge is -2.39. The fourth-order valence-electron chi connectivity index (χ4n) is 2.84. The molecule has 2 N–H and O–H groups in total. The number of hydrogen-bond donors (Lipinski definition) is 1. The topological polar surface area (TPSA) is 49.6 Å². The maximum Gasteiger partial charge on any atom is 0.254 e. The van der Waals surface area contributed by atoms with Gasteiger partial charge in [0.2, 0.25) is 0 Å². The van der Waals surface area contributed by atoms with Gasteiger partial charge in [-0.3, -0.25) is 9.69 Å². The number of benzene rings is 1. The number of rotatable bonds is 4. The van der Waals surface area contributed by atoms with Crippen LogP contribution in [0.3, 0.4) is 0 Å². The predicted octanol–water partition coefficient (Wildman–Crippen LogP) is 1.35. The van der Waals surface area contributed by atoms with Gasteiger partial charge in [0.25, 0.3) is 5.91 Å². The zero-order chi connectivity index (χ0) is 14.5. The van der Waals surface area contributed by atoms with Gasteiger partial charge in [0.15, 0.2) is 0 Å². The predicted molar refractivity (Wildman–Crippen MR) is 81.8 cm³/mol. The molecule has 20 heavy (non-hydrogen) atoms. The van der Waals surface area contributed by atoms with Crippen LogP contribution in [0, 0.1) is 0 Å². The van der Waals surface area contributed by atoms with Crippen molar-refractivity contribution in [2.45, 2.75) is 25.8 Å². The minimum atomic E-state index is 0.153. The molecule has 1 aliphatic rings. The number of piperazine rings is 1. The van der Waals surface area contributed by atoms with E-state index in [1.807, 2.05) is 29.2 Å². The number of carbonyl (C=O) groups excluding carboxylic acids is 1. The second-order valence-corrected chi connectivity index (χ2v) is 5.49. The summed E-state index contributed by atoms with van der Waals surface area (Å²) in [5, 5.41) is 0. The molecule has 0 saturated carbocycles. The SMILES string of the molecule is CCC1CN(C(=O)c2ccccc2CCN)CCN1C. The van der Waals surface area contributed by atoms with Crippen molar-refractivity contribution in [1.82, 2.24) is 9.80 Å². The normalized spacial score (nSPS) is 20.1. The van der Waals surface area contributed by atoms with Crippen LogP contribution in [0.1, 0.15) is 29.3 Å². The first kappa shape index (κ1) is 15.0. The third-order valence-corrected chi connectivity index (χ3v) is 4.20. The van der Waals surface area contributed by atoms with E-state index in [2.05, 4.69) is 18.9 Å². The maximum atomic E-state index is 12.7. The number of hydrogen-bond acceptors (Lipinski definition) is 3. The van der Waals surface area contributed by atoms with E-state index in [0.717, 1.165) is 43.6 Å². The number of amides is 1. The van der Waals surface area contributed by atoms with E-state index < -0.39 is 0 Å². The molecule has 4 nitrogen and oxygen atoms in total. The first-order valence-electron chi connectivity index (χ1n) is 7.44. The Hall–Kier alpha value is -1.39. The molecular weight excluding hydrogens is 250 g/mol. The minimum Gasteiger partial charge on any atom is -0.336 e. The van der Waals surface area contributed by atoms with Gasteiger partial charge in [-0.15, -0.1) is 0 Å². The van der Waals surface area contributed by atoms with Gasteiger partial charge in [-0.2, -0.15) is 0 Å². The molecule has 2 rings (SSSR count). The molecule has 0 radical (unpaired) electrons. The van der Waals surface area contributed by atoms with Crippen LogP contribution in [0.5, 0.6) is 0 Å². The van der Waals surface area contributed by atoms with Crippen molar-refractivity contribution in [1.29, 1.82) is 0 Å². The molecule has 1 aliphatic heterocycles. The van der Waals surface area contributed by atoms with Crippen LogP contribution < -0.4 is 5.73 Å². The van der Waals surface area contributed by atoms with Crippen molar-refractivity contribution in [3.63, 3.8) is 0 Å². The molecule has 0 bridgehead atoms. The van der Waals surface area contributed by atoms with Gasteiger partial charge in [-0.1, -0.05) is 25.1 Å². The largest absolute Gasteiger partial charge is 0.336 e. The van der Waals surface area contributed by atoms with Crippen molar-refractivity contribution < 1.29 is 4.79 Å². The number of nitrogens with two attached hydrogens (primary N) is 1. The minimum absolute atomic E-state index is 0.153. The van der Waals surface area contributed by atoms with Gasteiger partial charge in [0, 0.05) is 31.2 Å². The highest BCUT2D eigenvalue weighted by molar-refractivity contribution is 5.95. The highest BCUT2D eigenvalue weighted by Crippen LogP contribution is 2.17. The van der Waals surface area contributed by atoms with Gasteiger partial charge in [0.1, 0.15) is 0 Å². The van der Waals surface area contributed by atoms with E-state index in [1.54, 1.807) is 0 Å². The lowest BCUT2D eigenvalue weighted by atomic mass is 10.0. The van der Waals surface area contributed by atoms with E-state index in [4.69, 9.17) is 5.73 Å². The highest BCUT2D eigenvalue weighted by atomic mass is 16.2. The number of nitrogens with zero attached hydrogens (tertiary/aromatic N) is 2. The molecule has 1 aromatic rings. The second-order valence-electron chi connectivity index (χ2n) is 5.49. The van der Waals surface area contributed by atoms with Gasteiger partial charge >= 0.3 is 0 Å². The smallest absolute Gasteiger partial charge is 0.254 e. The quantitative estimate of drug-likeness (QED) is 0.902. The van der Waals surface area contributed by atoms with Gasteiger partial charge in [-0.25, -0.2) is 0 Å². The van der Waals surface area contributed by atoms with Gasteiger partial charge in [-0.05, 0) is 38.1 Å². The fourth-order valence-corrected chi connectivity index (χ4v) is 2.84. The van der Waals surface area contributed by atoms with E-state index in [9.17, 15) is 4.79 Å². The molecule has 0 aliphatic carbocycles. The molecule has 1 unspecified atom stereocenters. The Bertz CT molecular complexity index is 461. The Balaban J connectivity index is 2.15. The molecule has 1 saturated heterocycles. The van der Waals surface area contributed by atoms with E-state index in [1.165, 1.54) is 0 Å². The fraction of sp³-hybridized carbons (Fsp3) is 0.562. The summed E-state index contributed by atoms with van der Waals surface area (Å²) in [7, 11) is 2.14. The first-order chi connectivity index (χ1) is 9.67. The Labute approximate surface area is 121 Å². The van der Waals surface area contributed by atoms with Crippen LogP contribution in [0.15, 0.2) is 24.3 Å². The molecule has 1 atom stereocenters. The third kappa shape index (κ3) is 3.19. The highest BCUT2D eigenvalue weighted by Gasteiger charge is 2.27. The maximum absolute atomic E-state index is 12.7. The van der Waals surface area contributed by atoms with Crippen LogP contribution in [-0.4, -0.2) is 55.0 Å². The summed E-state index contributed by atoms with van der Waals surface area (Å²) in [6.07, 6.45) is 1.83. The number of carbonyl (C=O) groups is 1. The summed E-state index contributed by atoms with van der Waals surface area (Å²) in [4.78, 5) is 17.1. The summed E-state index contributed by atoms with van der Waals surface area (Å²) in [5.41, 5.74) is 7.52. The van der Waals surface area contributed by atoms with Crippen molar-refractivity contribution in [2.24, 2.45) is 5.73 Å². The van der Waals surface area contributed by atoms with E-state index >= 15 is 0 Å².